The highest BCUT2D eigenvalue weighted by Crippen LogP contribution is 2.53. The van der Waals surface area contributed by atoms with E-state index < -0.39 is 17.9 Å². The first-order chi connectivity index (χ1) is 13.6. The maximum absolute atomic E-state index is 11.5. The van der Waals surface area contributed by atoms with Gasteiger partial charge in [-0.2, -0.15) is 10.4 Å². The molecule has 0 fully saturated rings. The quantitative estimate of drug-likeness (QED) is 0.842. The highest BCUT2D eigenvalue weighted by molar-refractivity contribution is 6.04. The van der Waals surface area contributed by atoms with Crippen LogP contribution in [0.25, 0.3) is 0 Å². The topological polar surface area (TPSA) is 109 Å². The van der Waals surface area contributed by atoms with E-state index in [1.54, 1.807) is 18.3 Å². The van der Waals surface area contributed by atoms with Crippen LogP contribution in [0.2, 0.25) is 0 Å². The van der Waals surface area contributed by atoms with Gasteiger partial charge in [0.2, 0.25) is 0 Å². The lowest BCUT2D eigenvalue weighted by Crippen LogP contribution is -2.39. The number of carboxylic acid groups (broad SMARTS) is 1. The molecule has 4 unspecified atom stereocenters. The van der Waals surface area contributed by atoms with Gasteiger partial charge in [0.1, 0.15) is 23.1 Å². The number of fused-ring (bicyclic) bond motifs is 5. The predicted octanol–water partition coefficient (Wildman–Crippen LogP) is 2.90. The van der Waals surface area contributed by atoms with Gasteiger partial charge in [0.05, 0.1) is 18.2 Å². The molecule has 0 bridgehead atoms. The molecule has 0 saturated carbocycles. The van der Waals surface area contributed by atoms with Crippen LogP contribution in [-0.4, -0.2) is 33.2 Å². The number of aromatic carboxylic acids is 1. The number of rotatable bonds is 2. The van der Waals surface area contributed by atoms with Gasteiger partial charge in [0.15, 0.2) is 0 Å². The largest absolute Gasteiger partial charge is 0.507 e. The van der Waals surface area contributed by atoms with Gasteiger partial charge in [0.25, 0.3) is 0 Å². The summed E-state index contributed by atoms with van der Waals surface area (Å²) in [7, 11) is 0. The molecule has 0 spiro atoms. The van der Waals surface area contributed by atoms with Crippen LogP contribution >= 0.6 is 0 Å². The third-order valence-corrected chi connectivity index (χ3v) is 5.78. The average Bonchev–Trinajstić information content (AvgIpc) is 3.28. The van der Waals surface area contributed by atoms with Crippen LogP contribution in [-0.2, 0) is 6.42 Å². The molecule has 138 valence electrons. The second-order valence-corrected chi connectivity index (χ2v) is 7.21. The number of hydrogen-bond donors (Lipinski definition) is 2. The van der Waals surface area contributed by atoms with E-state index in [-0.39, 0.29) is 23.3 Å². The zero-order valence-corrected chi connectivity index (χ0v) is 14.7. The van der Waals surface area contributed by atoms with Crippen LogP contribution in [0.15, 0.2) is 52.6 Å². The van der Waals surface area contributed by atoms with E-state index in [2.05, 4.69) is 23.3 Å². The molecule has 2 heterocycles. The van der Waals surface area contributed by atoms with Crippen molar-refractivity contribution >= 4 is 18.0 Å². The summed E-state index contributed by atoms with van der Waals surface area (Å²) in [6, 6.07) is 14.4. The molecule has 0 amide bonds. The molecule has 4 atom stereocenters. The van der Waals surface area contributed by atoms with Gasteiger partial charge in [-0.1, -0.05) is 36.4 Å². The number of aromatic hydroxyl groups is 1. The Labute approximate surface area is 160 Å². The van der Waals surface area contributed by atoms with E-state index in [0.29, 0.717) is 11.4 Å². The van der Waals surface area contributed by atoms with Crippen molar-refractivity contribution in [3.8, 4) is 11.8 Å². The molecule has 7 nitrogen and oxygen atoms in total. The maximum atomic E-state index is 11.5. The Hall–Kier alpha value is -3.66. The summed E-state index contributed by atoms with van der Waals surface area (Å²) in [6.45, 7) is 0. The summed E-state index contributed by atoms with van der Waals surface area (Å²) in [5, 5.41) is 35.8. The first kappa shape index (κ1) is 16.5. The number of nitriles is 1. The van der Waals surface area contributed by atoms with E-state index in [9.17, 15) is 20.3 Å². The fraction of sp³-hybridized carbons (Fsp3) is 0.238. The lowest BCUT2D eigenvalue weighted by molar-refractivity contribution is 0.0693. The third kappa shape index (κ3) is 2.18. The number of benzene rings is 2. The van der Waals surface area contributed by atoms with Crippen molar-refractivity contribution in [2.75, 3.05) is 0 Å². The van der Waals surface area contributed by atoms with Crippen molar-refractivity contribution in [1.82, 2.24) is 5.01 Å². The number of nitrogens with zero attached hydrogens (tertiary/aromatic N) is 4. The van der Waals surface area contributed by atoms with Crippen molar-refractivity contribution in [1.29, 1.82) is 5.26 Å². The number of carbonyl (C=O) groups is 1. The van der Waals surface area contributed by atoms with Gasteiger partial charge >= 0.3 is 5.97 Å². The highest BCUT2D eigenvalue weighted by atomic mass is 16.4. The molecule has 2 aliphatic heterocycles. The van der Waals surface area contributed by atoms with Crippen LogP contribution in [0.3, 0.4) is 0 Å². The Bertz CT molecular complexity index is 1100. The van der Waals surface area contributed by atoms with E-state index >= 15 is 0 Å². The zero-order valence-electron chi connectivity index (χ0n) is 14.7. The molecule has 2 aromatic rings. The predicted molar refractivity (Wildman–Crippen MR) is 101 cm³/mol. The molecule has 0 aromatic heterocycles. The van der Waals surface area contributed by atoms with E-state index in [4.69, 9.17) is 4.99 Å². The first-order valence-corrected chi connectivity index (χ1v) is 9.03. The van der Waals surface area contributed by atoms with Crippen molar-refractivity contribution in [2.45, 2.75) is 18.5 Å². The van der Waals surface area contributed by atoms with Crippen LogP contribution in [0.4, 0.5) is 0 Å². The Kier molecular flexibility index (Phi) is 3.49. The molecule has 0 radical (unpaired) electrons. The molecule has 5 rings (SSSR count). The average molecular weight is 372 g/mol. The second kappa shape index (κ2) is 5.92. The molecule has 7 heteroatoms. The minimum atomic E-state index is -1.19. The number of para-hydroxylation sites is 1. The fourth-order valence-corrected chi connectivity index (χ4v) is 4.56. The van der Waals surface area contributed by atoms with Crippen LogP contribution in [0, 0.1) is 23.2 Å². The molecule has 3 aliphatic rings. The lowest BCUT2D eigenvalue weighted by Gasteiger charge is -2.38. The Morgan fingerprint density at radius 3 is 2.75 bits per heavy atom. The minimum absolute atomic E-state index is 0.0225. The number of amidine groups is 1. The summed E-state index contributed by atoms with van der Waals surface area (Å²) < 4.78 is 0. The Morgan fingerprint density at radius 2 is 1.96 bits per heavy atom. The first-order valence-electron chi connectivity index (χ1n) is 9.03. The summed E-state index contributed by atoms with van der Waals surface area (Å²) in [6.07, 6.45) is 2.33. The zero-order chi connectivity index (χ0) is 19.4. The standard InChI is InChI=1S/C21H16N4O3/c22-9-12-10-23-25-18-13-5-2-1-4-11(13)8-16(18)17(24-20(12)25)14-6-3-7-15(19(14)26)21(27)28/h1-7,10,12,16-18,26H,8H2,(H,27,28). The monoisotopic (exact) mass is 372 g/mol. The SMILES string of the molecule is N#CC1C=NN2C1=NC(c1cccc(C(=O)O)c1O)C1Cc3ccccc3C12. The van der Waals surface area contributed by atoms with Crippen LogP contribution in [0.1, 0.15) is 39.1 Å². The van der Waals surface area contributed by atoms with Crippen molar-refractivity contribution in [3.63, 3.8) is 0 Å². The van der Waals surface area contributed by atoms with Gasteiger partial charge in [-0.05, 0) is 23.6 Å². The summed E-state index contributed by atoms with van der Waals surface area (Å²) in [5.74, 6) is -1.48. The van der Waals surface area contributed by atoms with Gasteiger partial charge < -0.3 is 10.2 Å². The molecular formula is C21H16N4O3. The minimum Gasteiger partial charge on any atom is -0.507 e. The number of hydrazone groups is 1. The van der Waals surface area contributed by atoms with Gasteiger partial charge in [-0.15, -0.1) is 0 Å². The number of carboxylic acids is 1. The normalized spacial score (nSPS) is 26.8. The molecule has 2 aromatic carbocycles. The van der Waals surface area contributed by atoms with Gasteiger partial charge in [0, 0.05) is 17.7 Å². The number of aliphatic imine (C=N–C) groups is 1. The second-order valence-electron chi connectivity index (χ2n) is 7.21. The molecule has 28 heavy (non-hydrogen) atoms. The lowest BCUT2D eigenvalue weighted by atomic mass is 9.84. The van der Waals surface area contributed by atoms with Gasteiger partial charge in [-0.3, -0.25) is 4.99 Å². The smallest absolute Gasteiger partial charge is 0.339 e. The third-order valence-electron chi connectivity index (χ3n) is 5.78. The van der Waals surface area contributed by atoms with E-state index in [1.807, 2.05) is 17.1 Å². The summed E-state index contributed by atoms with van der Waals surface area (Å²) in [5.41, 5.74) is 2.64. The Morgan fingerprint density at radius 1 is 1.18 bits per heavy atom. The van der Waals surface area contributed by atoms with Crippen LogP contribution in [0.5, 0.6) is 5.75 Å². The maximum Gasteiger partial charge on any atom is 0.339 e. The number of phenols is 1. The van der Waals surface area contributed by atoms with Crippen LogP contribution < -0.4 is 0 Å². The highest BCUT2D eigenvalue weighted by Gasteiger charge is 2.49. The molecule has 2 N–H and O–H groups in total. The molecule has 0 saturated heterocycles. The van der Waals surface area contributed by atoms with Gasteiger partial charge in [-0.25, -0.2) is 9.80 Å². The van der Waals surface area contributed by atoms with E-state index in [0.717, 1.165) is 12.0 Å². The summed E-state index contributed by atoms with van der Waals surface area (Å²) >= 11 is 0. The molecular weight excluding hydrogens is 356 g/mol. The number of hydrogen-bond acceptors (Lipinski definition) is 6. The van der Waals surface area contributed by atoms with Crippen molar-refractivity contribution in [3.05, 3.63) is 64.7 Å². The van der Waals surface area contributed by atoms with E-state index in [1.165, 1.54) is 11.6 Å². The van der Waals surface area contributed by atoms with Crippen molar-refractivity contribution < 1.29 is 15.0 Å². The molecule has 1 aliphatic carbocycles. The Balaban J connectivity index is 1.69. The summed E-state index contributed by atoms with van der Waals surface area (Å²) in [4.78, 5) is 16.3. The van der Waals surface area contributed by atoms with Crippen molar-refractivity contribution in [2.24, 2.45) is 21.9 Å². The fourth-order valence-electron chi connectivity index (χ4n) is 4.56.